The van der Waals surface area contributed by atoms with Crippen LogP contribution in [0.2, 0.25) is 0 Å². The zero-order valence-electron chi connectivity index (χ0n) is 31.9. The third-order valence-corrected chi connectivity index (χ3v) is 11.5. The summed E-state index contributed by atoms with van der Waals surface area (Å²) in [6.45, 7) is 7.74. The molecule has 2 aliphatic rings. The van der Waals surface area contributed by atoms with Gasteiger partial charge in [-0.2, -0.15) is 13.2 Å². The SMILES string of the molecule is CCC(C)(C)C[C@H](OCc1ccc(OC)cc1)c1cnc(C2CCN(c3ncccn3)CC2)c([C@@H](F)c2ccc(C(F)(F)F)cc2)c1C1CCC(F)(F)CC1. The van der Waals surface area contributed by atoms with E-state index in [1.54, 1.807) is 31.8 Å². The summed E-state index contributed by atoms with van der Waals surface area (Å²) in [6, 6.07) is 13.4. The van der Waals surface area contributed by atoms with Crippen LogP contribution in [0.1, 0.15) is 135 Å². The first-order chi connectivity index (χ1) is 26.2. The molecule has 12 heteroatoms. The average Bonchev–Trinajstić information content (AvgIpc) is 3.19. The van der Waals surface area contributed by atoms with Gasteiger partial charge in [0.1, 0.15) is 5.75 Å². The number of ether oxygens (including phenoxy) is 2. The second-order valence-corrected chi connectivity index (χ2v) is 15.7. The van der Waals surface area contributed by atoms with Crippen molar-refractivity contribution in [1.29, 1.82) is 0 Å². The molecule has 2 aromatic heterocycles. The highest BCUT2D eigenvalue weighted by Crippen LogP contribution is 2.50. The normalized spacial score (nSPS) is 18.3. The monoisotopic (exact) mass is 768 g/mol. The summed E-state index contributed by atoms with van der Waals surface area (Å²) in [5.41, 5.74) is 1.89. The number of alkyl halides is 6. The Hall–Kier alpha value is -4.19. The Balaban J connectivity index is 1.48. The first kappa shape index (κ1) is 40.5. The van der Waals surface area contributed by atoms with Crippen LogP contribution in [0.3, 0.4) is 0 Å². The van der Waals surface area contributed by atoms with Crippen LogP contribution in [0.15, 0.2) is 73.2 Å². The van der Waals surface area contributed by atoms with Crippen molar-refractivity contribution in [1.82, 2.24) is 15.0 Å². The number of rotatable bonds is 13. The van der Waals surface area contributed by atoms with E-state index >= 15 is 4.39 Å². The van der Waals surface area contributed by atoms with E-state index < -0.39 is 35.9 Å². The Kier molecular flexibility index (Phi) is 12.4. The third kappa shape index (κ3) is 9.80. The fraction of sp³-hybridized carbons (Fsp3) is 0.512. The molecule has 2 atom stereocenters. The highest BCUT2D eigenvalue weighted by Gasteiger charge is 2.41. The number of nitrogens with zero attached hydrogens (tertiary/aromatic N) is 4. The molecule has 0 unspecified atom stereocenters. The van der Waals surface area contributed by atoms with Gasteiger partial charge in [-0.05, 0) is 90.5 Å². The maximum Gasteiger partial charge on any atom is 0.416 e. The highest BCUT2D eigenvalue weighted by atomic mass is 19.4. The number of hydrogen-bond donors (Lipinski definition) is 0. The smallest absolute Gasteiger partial charge is 0.416 e. The van der Waals surface area contributed by atoms with Gasteiger partial charge in [-0.1, -0.05) is 51.5 Å². The summed E-state index contributed by atoms with van der Waals surface area (Å²) in [4.78, 5) is 15.9. The van der Waals surface area contributed by atoms with Gasteiger partial charge >= 0.3 is 6.18 Å². The van der Waals surface area contributed by atoms with Crippen molar-refractivity contribution in [3.63, 3.8) is 0 Å². The summed E-state index contributed by atoms with van der Waals surface area (Å²) in [5, 5.41) is 0. The molecule has 2 aromatic carbocycles. The number of halogens is 6. The number of methoxy groups -OCH3 is 1. The first-order valence-electron chi connectivity index (χ1n) is 19.2. The maximum absolute atomic E-state index is 17.6. The molecule has 6 nitrogen and oxygen atoms in total. The molecule has 0 bridgehead atoms. The Morgan fingerprint density at radius 2 is 1.51 bits per heavy atom. The molecule has 0 spiro atoms. The predicted molar refractivity (Wildman–Crippen MR) is 200 cm³/mol. The van der Waals surface area contributed by atoms with Gasteiger partial charge in [-0.3, -0.25) is 4.98 Å². The summed E-state index contributed by atoms with van der Waals surface area (Å²) < 4.78 is 100. The summed E-state index contributed by atoms with van der Waals surface area (Å²) in [7, 11) is 1.59. The highest BCUT2D eigenvalue weighted by molar-refractivity contribution is 5.48. The lowest BCUT2D eigenvalue weighted by Gasteiger charge is -2.38. The molecule has 296 valence electrons. The number of aromatic nitrogens is 3. The molecule has 1 aliphatic heterocycles. The fourth-order valence-electron chi connectivity index (χ4n) is 7.84. The van der Waals surface area contributed by atoms with Gasteiger partial charge in [-0.15, -0.1) is 0 Å². The van der Waals surface area contributed by atoms with Crippen LogP contribution >= 0.6 is 0 Å². The lowest BCUT2D eigenvalue weighted by Crippen LogP contribution is -2.35. The van der Waals surface area contributed by atoms with E-state index in [1.807, 2.05) is 24.3 Å². The van der Waals surface area contributed by atoms with Gasteiger partial charge in [-0.25, -0.2) is 23.1 Å². The lowest BCUT2D eigenvalue weighted by atomic mass is 9.73. The van der Waals surface area contributed by atoms with Crippen LogP contribution in [-0.4, -0.2) is 41.1 Å². The van der Waals surface area contributed by atoms with Gasteiger partial charge in [0.15, 0.2) is 6.17 Å². The van der Waals surface area contributed by atoms with E-state index in [9.17, 15) is 22.0 Å². The number of benzene rings is 2. The molecule has 55 heavy (non-hydrogen) atoms. The van der Waals surface area contributed by atoms with Crippen molar-refractivity contribution >= 4 is 5.95 Å². The molecule has 2 fully saturated rings. The Morgan fingerprint density at radius 1 is 0.873 bits per heavy atom. The van der Waals surface area contributed by atoms with Crippen LogP contribution in [0.4, 0.5) is 32.3 Å². The van der Waals surface area contributed by atoms with Gasteiger partial charge in [0, 0.05) is 61.6 Å². The predicted octanol–water partition coefficient (Wildman–Crippen LogP) is 11.7. The summed E-state index contributed by atoms with van der Waals surface area (Å²) in [6.07, 6.45) is 0.203. The Morgan fingerprint density at radius 3 is 2.09 bits per heavy atom. The quantitative estimate of drug-likeness (QED) is 0.126. The molecule has 6 rings (SSSR count). The standard InChI is InChI=1S/C43H50F6N4O2/c1-5-41(2,3)25-35(55-27-28-7-13-33(54-4)14-8-28)34-26-52-39(31-17-23-53(24-18-31)40-50-21-6-22-51-40)37(36(34)29-15-19-42(45,46)20-16-29)38(44)30-9-11-32(12-10-30)43(47,48)49/h6-14,21-22,26,29,31,35,38H,5,15-20,23-25,27H2,1-4H3/t35-,38-/m0/s1. The second kappa shape index (κ2) is 16.9. The second-order valence-electron chi connectivity index (χ2n) is 15.7. The van der Waals surface area contributed by atoms with E-state index in [4.69, 9.17) is 14.5 Å². The summed E-state index contributed by atoms with van der Waals surface area (Å²) >= 11 is 0. The van der Waals surface area contributed by atoms with Crippen LogP contribution in [0, 0.1) is 5.41 Å². The minimum absolute atomic E-state index is 0.0512. The topological polar surface area (TPSA) is 60.4 Å². The molecular weight excluding hydrogens is 718 g/mol. The maximum atomic E-state index is 17.6. The molecular formula is C43H50F6N4O2. The van der Waals surface area contributed by atoms with Gasteiger partial charge in [0.2, 0.25) is 11.9 Å². The number of anilines is 1. The average molecular weight is 769 g/mol. The largest absolute Gasteiger partial charge is 0.497 e. The minimum atomic E-state index is -4.59. The number of hydrogen-bond acceptors (Lipinski definition) is 6. The van der Waals surface area contributed by atoms with Gasteiger partial charge in [0.25, 0.3) is 0 Å². The van der Waals surface area contributed by atoms with Crippen molar-refractivity contribution < 1.29 is 35.8 Å². The third-order valence-electron chi connectivity index (χ3n) is 11.5. The van der Waals surface area contributed by atoms with E-state index in [0.717, 1.165) is 24.1 Å². The molecule has 0 amide bonds. The molecule has 0 radical (unpaired) electrons. The van der Waals surface area contributed by atoms with Crippen molar-refractivity contribution in [2.24, 2.45) is 5.41 Å². The molecule has 1 aliphatic carbocycles. The van der Waals surface area contributed by atoms with Crippen molar-refractivity contribution in [3.05, 3.63) is 112 Å². The van der Waals surface area contributed by atoms with Gasteiger partial charge in [0.05, 0.1) is 31.1 Å². The van der Waals surface area contributed by atoms with Crippen LogP contribution in [0.25, 0.3) is 0 Å². The van der Waals surface area contributed by atoms with E-state index in [0.29, 0.717) is 60.9 Å². The minimum Gasteiger partial charge on any atom is -0.497 e. The molecule has 1 saturated carbocycles. The van der Waals surface area contributed by atoms with Crippen molar-refractivity contribution in [2.45, 2.75) is 115 Å². The van der Waals surface area contributed by atoms with Crippen molar-refractivity contribution in [3.8, 4) is 5.75 Å². The summed E-state index contributed by atoms with van der Waals surface area (Å²) in [5.74, 6) is -2.18. The zero-order valence-corrected chi connectivity index (χ0v) is 31.9. The Bertz CT molecular complexity index is 1840. The molecule has 4 aromatic rings. The molecule has 1 saturated heterocycles. The molecule has 0 N–H and O–H groups in total. The molecule has 3 heterocycles. The Labute approximate surface area is 319 Å². The zero-order chi connectivity index (χ0) is 39.4. The van der Waals surface area contributed by atoms with E-state index in [1.165, 1.54) is 12.1 Å². The van der Waals surface area contributed by atoms with Crippen LogP contribution in [-0.2, 0) is 17.5 Å². The first-order valence-corrected chi connectivity index (χ1v) is 19.2. The number of piperidine rings is 1. The van der Waals surface area contributed by atoms with Crippen LogP contribution < -0.4 is 9.64 Å². The van der Waals surface area contributed by atoms with Crippen molar-refractivity contribution in [2.75, 3.05) is 25.1 Å². The van der Waals surface area contributed by atoms with Gasteiger partial charge < -0.3 is 14.4 Å². The van der Waals surface area contributed by atoms with E-state index in [2.05, 4.69) is 35.6 Å². The fourth-order valence-corrected chi connectivity index (χ4v) is 7.84. The lowest BCUT2D eigenvalue weighted by molar-refractivity contribution is -0.137. The van der Waals surface area contributed by atoms with Crippen LogP contribution in [0.5, 0.6) is 5.75 Å². The van der Waals surface area contributed by atoms with E-state index in [-0.39, 0.29) is 54.7 Å². The number of pyridine rings is 1.